The van der Waals surface area contributed by atoms with Crippen LogP contribution in [0.5, 0.6) is 5.88 Å². The Balaban J connectivity index is 1.53. The lowest BCUT2D eigenvalue weighted by Crippen LogP contribution is -2.01. The number of aromatic amines is 1. The van der Waals surface area contributed by atoms with Crippen molar-refractivity contribution in [3.63, 3.8) is 0 Å². The number of H-pyrrole nitrogens is 1. The molecule has 4 rings (SSSR count). The van der Waals surface area contributed by atoms with Crippen molar-refractivity contribution in [2.24, 2.45) is 4.99 Å². The van der Waals surface area contributed by atoms with Crippen LogP contribution in [0, 0.1) is 5.82 Å². The number of aromatic hydroxyl groups is 1. The highest BCUT2D eigenvalue weighted by Crippen LogP contribution is 2.31. The Bertz CT molecular complexity index is 993. The van der Waals surface area contributed by atoms with Gasteiger partial charge in [0.2, 0.25) is 11.8 Å². The van der Waals surface area contributed by atoms with Crippen LogP contribution in [0.3, 0.4) is 0 Å². The first-order chi connectivity index (χ1) is 12.2. The Morgan fingerprint density at radius 2 is 2.16 bits per heavy atom. The average Bonchev–Trinajstić information content (AvgIpc) is 3.18. The maximum Gasteiger partial charge on any atom is 0.238 e. The van der Waals surface area contributed by atoms with Crippen molar-refractivity contribution in [1.82, 2.24) is 15.0 Å². The predicted octanol–water partition coefficient (Wildman–Crippen LogP) is 3.52. The molecule has 0 amide bonds. The monoisotopic (exact) mass is 335 g/mol. The molecule has 2 aromatic heterocycles. The van der Waals surface area contributed by atoms with Gasteiger partial charge in [0, 0.05) is 30.1 Å². The molecule has 1 aliphatic heterocycles. The van der Waals surface area contributed by atoms with E-state index < -0.39 is 0 Å². The van der Waals surface area contributed by atoms with Crippen LogP contribution in [0.1, 0.15) is 16.8 Å². The van der Waals surface area contributed by atoms with Crippen molar-refractivity contribution in [1.29, 1.82) is 0 Å². The normalized spacial score (nSPS) is 14.0. The SMILES string of the molecule is Oc1nc(NCc2cccc(F)c2)[nH]c1C=C1C=Nc2ncccc21. The Hall–Kier alpha value is -3.48. The number of aromatic nitrogens is 3. The molecule has 124 valence electrons. The fraction of sp³-hybridized carbons (Fsp3) is 0.0556. The van der Waals surface area contributed by atoms with Crippen molar-refractivity contribution >= 4 is 29.6 Å². The van der Waals surface area contributed by atoms with Gasteiger partial charge in [0.25, 0.3) is 0 Å². The Morgan fingerprint density at radius 1 is 1.24 bits per heavy atom. The number of hydrogen-bond acceptors (Lipinski definition) is 5. The second-order valence-electron chi connectivity index (χ2n) is 5.54. The van der Waals surface area contributed by atoms with Gasteiger partial charge in [-0.1, -0.05) is 12.1 Å². The summed E-state index contributed by atoms with van der Waals surface area (Å²) in [6.45, 7) is 0.384. The first-order valence-corrected chi connectivity index (χ1v) is 7.67. The molecule has 0 fully saturated rings. The van der Waals surface area contributed by atoms with Crippen LogP contribution in [0.2, 0.25) is 0 Å². The number of aliphatic imine (C=N–C) groups is 1. The largest absolute Gasteiger partial charge is 0.492 e. The van der Waals surface area contributed by atoms with Crippen LogP contribution in [0.4, 0.5) is 16.2 Å². The second-order valence-corrected chi connectivity index (χ2v) is 5.54. The number of rotatable bonds is 4. The molecule has 1 aromatic carbocycles. The number of pyridine rings is 1. The molecule has 0 aliphatic carbocycles. The van der Waals surface area contributed by atoms with Crippen LogP contribution in [-0.2, 0) is 6.54 Å². The molecule has 3 aromatic rings. The summed E-state index contributed by atoms with van der Waals surface area (Å²) < 4.78 is 13.2. The molecule has 0 saturated heterocycles. The fourth-order valence-electron chi connectivity index (χ4n) is 2.59. The number of hydrogen-bond donors (Lipinski definition) is 3. The first-order valence-electron chi connectivity index (χ1n) is 7.67. The number of imidazole rings is 1. The highest BCUT2D eigenvalue weighted by molar-refractivity contribution is 6.20. The summed E-state index contributed by atoms with van der Waals surface area (Å²) >= 11 is 0. The van der Waals surface area contributed by atoms with Crippen molar-refractivity contribution in [2.75, 3.05) is 5.32 Å². The molecule has 0 unspecified atom stereocenters. The molecule has 0 spiro atoms. The standard InChI is InChI=1S/C18H14FN5O/c19-13-4-1-3-11(7-13)9-22-18-23-15(17(25)24-18)8-12-10-21-16-14(12)5-2-6-20-16/h1-8,10,25H,9H2,(H2,22,23,24). The summed E-state index contributed by atoms with van der Waals surface area (Å²) in [5.74, 6) is 0.631. The summed E-state index contributed by atoms with van der Waals surface area (Å²) in [6, 6.07) is 10.0. The third-order valence-corrected chi connectivity index (χ3v) is 3.78. The number of allylic oxidation sites excluding steroid dienone is 1. The number of nitrogens with one attached hydrogen (secondary N) is 2. The lowest BCUT2D eigenvalue weighted by Gasteiger charge is -2.02. The molecular formula is C18H14FN5O. The van der Waals surface area contributed by atoms with E-state index in [1.165, 1.54) is 12.1 Å². The summed E-state index contributed by atoms with van der Waals surface area (Å²) in [7, 11) is 0. The number of halogens is 1. The number of fused-ring (bicyclic) bond motifs is 1. The minimum atomic E-state index is -0.292. The van der Waals surface area contributed by atoms with E-state index in [9.17, 15) is 9.50 Å². The zero-order chi connectivity index (χ0) is 17.2. The van der Waals surface area contributed by atoms with Crippen molar-refractivity contribution in [3.8, 4) is 5.88 Å². The molecule has 1 aliphatic rings. The van der Waals surface area contributed by atoms with Gasteiger partial charge < -0.3 is 15.4 Å². The molecule has 0 saturated carbocycles. The van der Waals surface area contributed by atoms with Crippen LogP contribution in [0.25, 0.3) is 11.6 Å². The van der Waals surface area contributed by atoms with E-state index in [0.717, 1.165) is 16.7 Å². The summed E-state index contributed by atoms with van der Waals surface area (Å²) in [5, 5.41) is 13.1. The van der Waals surface area contributed by atoms with Crippen molar-refractivity contribution in [2.45, 2.75) is 6.54 Å². The van der Waals surface area contributed by atoms with E-state index in [2.05, 4.69) is 25.3 Å². The van der Waals surface area contributed by atoms with Gasteiger partial charge in [0.05, 0.1) is 0 Å². The van der Waals surface area contributed by atoms with Gasteiger partial charge >= 0.3 is 0 Å². The molecule has 0 atom stereocenters. The van der Waals surface area contributed by atoms with E-state index in [-0.39, 0.29) is 11.7 Å². The van der Waals surface area contributed by atoms with E-state index in [0.29, 0.717) is 24.0 Å². The number of benzene rings is 1. The molecule has 25 heavy (non-hydrogen) atoms. The van der Waals surface area contributed by atoms with E-state index in [1.807, 2.05) is 12.1 Å². The van der Waals surface area contributed by atoms with Gasteiger partial charge in [-0.3, -0.25) is 0 Å². The van der Waals surface area contributed by atoms with Crippen molar-refractivity contribution < 1.29 is 9.50 Å². The quantitative estimate of drug-likeness (QED) is 0.681. The van der Waals surface area contributed by atoms with Gasteiger partial charge in [0.1, 0.15) is 11.5 Å². The predicted molar refractivity (Wildman–Crippen MR) is 94.2 cm³/mol. The zero-order valence-electron chi connectivity index (χ0n) is 13.1. The molecule has 0 radical (unpaired) electrons. The first kappa shape index (κ1) is 15.1. The van der Waals surface area contributed by atoms with Gasteiger partial charge in [-0.25, -0.2) is 14.4 Å². The third kappa shape index (κ3) is 3.12. The van der Waals surface area contributed by atoms with E-state index in [4.69, 9.17) is 0 Å². The Labute approximate surface area is 142 Å². The highest BCUT2D eigenvalue weighted by Gasteiger charge is 2.14. The Kier molecular flexibility index (Phi) is 3.74. The third-order valence-electron chi connectivity index (χ3n) is 3.78. The molecule has 0 bridgehead atoms. The number of nitrogens with zero attached hydrogens (tertiary/aromatic N) is 3. The molecular weight excluding hydrogens is 321 g/mol. The van der Waals surface area contributed by atoms with Crippen LogP contribution >= 0.6 is 0 Å². The van der Waals surface area contributed by atoms with E-state index in [1.54, 1.807) is 30.6 Å². The van der Waals surface area contributed by atoms with Gasteiger partial charge in [-0.05, 0) is 35.9 Å². The second kappa shape index (κ2) is 6.20. The van der Waals surface area contributed by atoms with Gasteiger partial charge in [-0.2, -0.15) is 4.98 Å². The van der Waals surface area contributed by atoms with Crippen LogP contribution in [-0.4, -0.2) is 26.3 Å². The molecule has 3 heterocycles. The minimum Gasteiger partial charge on any atom is -0.492 e. The topological polar surface area (TPSA) is 86.2 Å². The van der Waals surface area contributed by atoms with Crippen molar-refractivity contribution in [3.05, 3.63) is 65.2 Å². The van der Waals surface area contributed by atoms with Gasteiger partial charge in [0.15, 0.2) is 5.82 Å². The summed E-state index contributed by atoms with van der Waals surface area (Å²) in [6.07, 6.45) is 5.13. The average molecular weight is 335 g/mol. The van der Waals surface area contributed by atoms with E-state index >= 15 is 0 Å². The molecule has 6 nitrogen and oxygen atoms in total. The number of anilines is 1. The lowest BCUT2D eigenvalue weighted by molar-refractivity contribution is 0.455. The van der Waals surface area contributed by atoms with Crippen LogP contribution < -0.4 is 5.32 Å². The summed E-state index contributed by atoms with van der Waals surface area (Å²) in [5.41, 5.74) is 2.96. The maximum absolute atomic E-state index is 13.2. The highest BCUT2D eigenvalue weighted by atomic mass is 19.1. The zero-order valence-corrected chi connectivity index (χ0v) is 13.1. The van der Waals surface area contributed by atoms with Crippen LogP contribution in [0.15, 0.2) is 47.6 Å². The smallest absolute Gasteiger partial charge is 0.238 e. The fourth-order valence-corrected chi connectivity index (χ4v) is 2.59. The summed E-state index contributed by atoms with van der Waals surface area (Å²) in [4.78, 5) is 15.4. The van der Waals surface area contributed by atoms with Gasteiger partial charge in [-0.15, -0.1) is 0 Å². The maximum atomic E-state index is 13.2. The lowest BCUT2D eigenvalue weighted by atomic mass is 10.1. The molecule has 3 N–H and O–H groups in total. The molecule has 7 heteroatoms. The Morgan fingerprint density at radius 3 is 3.04 bits per heavy atom. The minimum absolute atomic E-state index is 0.125.